The van der Waals surface area contributed by atoms with Gasteiger partial charge in [-0.25, -0.2) is 9.37 Å². The fourth-order valence-corrected chi connectivity index (χ4v) is 4.89. The highest BCUT2D eigenvalue weighted by molar-refractivity contribution is 7.15. The Labute approximate surface area is 185 Å². The Bertz CT molecular complexity index is 1100. The molecule has 0 unspecified atom stereocenters. The van der Waals surface area contributed by atoms with Gasteiger partial charge in [-0.2, -0.15) is 0 Å². The summed E-state index contributed by atoms with van der Waals surface area (Å²) in [6, 6.07) is 6.44. The van der Waals surface area contributed by atoms with E-state index in [-0.39, 0.29) is 11.3 Å². The number of anilines is 1. The van der Waals surface area contributed by atoms with E-state index >= 15 is 0 Å². The summed E-state index contributed by atoms with van der Waals surface area (Å²) in [4.78, 5) is 7.08. The minimum absolute atomic E-state index is 0.0254. The van der Waals surface area contributed by atoms with Crippen molar-refractivity contribution in [3.8, 4) is 27.4 Å². The largest absolute Gasteiger partial charge is 0.507 e. The summed E-state index contributed by atoms with van der Waals surface area (Å²) in [6.07, 6.45) is 5.37. The van der Waals surface area contributed by atoms with E-state index in [4.69, 9.17) is 0 Å². The number of hydrogen-bond donors (Lipinski definition) is 2. The highest BCUT2D eigenvalue weighted by Gasteiger charge is 2.35. The van der Waals surface area contributed by atoms with Crippen molar-refractivity contribution in [1.82, 2.24) is 20.5 Å². The van der Waals surface area contributed by atoms with Crippen LogP contribution in [-0.4, -0.2) is 45.5 Å². The number of phenolic OH excluding ortho intramolecular Hbond substituents is 1. The molecule has 6 nitrogen and oxygen atoms in total. The normalized spacial score (nSPS) is 21.1. The van der Waals surface area contributed by atoms with Crippen LogP contribution in [0, 0.1) is 18.7 Å². The average Bonchev–Trinajstić information content (AvgIpc) is 3.37. The molecule has 3 heterocycles. The molecule has 0 bridgehead atoms. The third kappa shape index (κ3) is 4.27. The molecule has 8 heteroatoms. The predicted molar refractivity (Wildman–Crippen MR) is 121 cm³/mol. The molecule has 2 aromatic heterocycles. The highest BCUT2D eigenvalue weighted by Crippen LogP contribution is 2.37. The van der Waals surface area contributed by atoms with Gasteiger partial charge in [0, 0.05) is 36.0 Å². The first-order valence-corrected chi connectivity index (χ1v) is 11.5. The first kappa shape index (κ1) is 20.3. The quantitative estimate of drug-likeness (QED) is 0.594. The third-order valence-corrected chi connectivity index (χ3v) is 7.16. The van der Waals surface area contributed by atoms with Gasteiger partial charge in [-0.05, 0) is 69.8 Å². The van der Waals surface area contributed by atoms with Crippen molar-refractivity contribution in [3.63, 3.8) is 0 Å². The molecule has 2 fully saturated rings. The minimum Gasteiger partial charge on any atom is -0.507 e. The number of aromatic nitrogens is 3. The Kier molecular flexibility index (Phi) is 5.14. The van der Waals surface area contributed by atoms with Crippen LogP contribution in [0.3, 0.4) is 0 Å². The van der Waals surface area contributed by atoms with Crippen LogP contribution in [0.15, 0.2) is 30.5 Å². The van der Waals surface area contributed by atoms with Gasteiger partial charge in [0.1, 0.15) is 11.6 Å². The Hall–Kier alpha value is -2.58. The Morgan fingerprint density at radius 1 is 1.26 bits per heavy atom. The van der Waals surface area contributed by atoms with Gasteiger partial charge in [0.05, 0.1) is 15.6 Å². The number of thiazole rings is 1. The molecule has 1 aliphatic heterocycles. The summed E-state index contributed by atoms with van der Waals surface area (Å²) in [5, 5.41) is 23.8. The molecule has 1 saturated carbocycles. The van der Waals surface area contributed by atoms with Gasteiger partial charge in [-0.3, -0.25) is 0 Å². The van der Waals surface area contributed by atoms with E-state index in [1.807, 2.05) is 13.0 Å². The van der Waals surface area contributed by atoms with Gasteiger partial charge >= 0.3 is 0 Å². The summed E-state index contributed by atoms with van der Waals surface area (Å²) < 4.78 is 14.8. The van der Waals surface area contributed by atoms with Crippen LogP contribution < -0.4 is 10.2 Å². The number of nitrogens with one attached hydrogen (secondary N) is 1. The summed E-state index contributed by atoms with van der Waals surface area (Å²) in [5.74, 6) is 1.21. The van der Waals surface area contributed by atoms with Crippen molar-refractivity contribution in [2.24, 2.45) is 5.92 Å². The third-order valence-electron chi connectivity index (χ3n) is 6.21. The maximum Gasteiger partial charge on any atom is 0.151 e. The van der Waals surface area contributed by atoms with Crippen LogP contribution in [0.4, 0.5) is 10.2 Å². The SMILES string of the molecule is Cc1ncc(-c2cc(O)c(-c3ccc(N4CC[C@](C)(NCC5CC5)C4)nn3)cc2F)s1. The molecule has 0 amide bonds. The number of nitrogens with zero attached hydrogens (tertiary/aromatic N) is 4. The number of aromatic hydroxyl groups is 1. The smallest absolute Gasteiger partial charge is 0.151 e. The summed E-state index contributed by atoms with van der Waals surface area (Å²) in [6.45, 7) is 7.03. The first-order chi connectivity index (χ1) is 14.9. The molecule has 2 N–H and O–H groups in total. The molecule has 1 aliphatic carbocycles. The second-order valence-corrected chi connectivity index (χ2v) is 10.2. The molecule has 1 aromatic carbocycles. The minimum atomic E-state index is -0.417. The van der Waals surface area contributed by atoms with E-state index in [9.17, 15) is 9.50 Å². The Morgan fingerprint density at radius 3 is 2.77 bits per heavy atom. The molecule has 0 radical (unpaired) electrons. The maximum absolute atomic E-state index is 14.8. The van der Waals surface area contributed by atoms with E-state index in [0.717, 1.165) is 42.8 Å². The van der Waals surface area contributed by atoms with Gasteiger partial charge in [0.2, 0.25) is 0 Å². The van der Waals surface area contributed by atoms with E-state index in [1.54, 1.807) is 12.3 Å². The zero-order valence-electron chi connectivity index (χ0n) is 17.7. The predicted octanol–water partition coefficient (Wildman–Crippen LogP) is 4.39. The molecule has 162 valence electrons. The number of halogens is 1. The van der Waals surface area contributed by atoms with Crippen LogP contribution in [0.1, 0.15) is 31.2 Å². The average molecular weight is 440 g/mol. The zero-order chi connectivity index (χ0) is 21.6. The molecule has 5 rings (SSSR count). The number of hydrogen-bond acceptors (Lipinski definition) is 7. The van der Waals surface area contributed by atoms with Gasteiger partial charge < -0.3 is 15.3 Å². The molecule has 1 atom stereocenters. The lowest BCUT2D eigenvalue weighted by molar-refractivity contribution is 0.383. The second-order valence-electron chi connectivity index (χ2n) is 8.93. The lowest BCUT2D eigenvalue weighted by Crippen LogP contribution is -2.45. The van der Waals surface area contributed by atoms with Crippen LogP contribution >= 0.6 is 11.3 Å². The second kappa shape index (κ2) is 7.84. The molecule has 31 heavy (non-hydrogen) atoms. The van der Waals surface area contributed by atoms with Crippen LogP contribution in [0.2, 0.25) is 0 Å². The summed E-state index contributed by atoms with van der Waals surface area (Å²) in [7, 11) is 0. The molecule has 1 saturated heterocycles. The Balaban J connectivity index is 1.32. The fourth-order valence-electron chi connectivity index (χ4n) is 4.09. The fraction of sp³-hybridized carbons (Fsp3) is 0.435. The van der Waals surface area contributed by atoms with Crippen LogP contribution in [-0.2, 0) is 0 Å². The van der Waals surface area contributed by atoms with E-state index < -0.39 is 5.82 Å². The van der Waals surface area contributed by atoms with Crippen molar-refractivity contribution < 1.29 is 9.50 Å². The van der Waals surface area contributed by atoms with Crippen molar-refractivity contribution in [2.75, 3.05) is 24.5 Å². The van der Waals surface area contributed by atoms with Gasteiger partial charge in [-0.15, -0.1) is 21.5 Å². The number of rotatable bonds is 6. The van der Waals surface area contributed by atoms with Crippen molar-refractivity contribution in [3.05, 3.63) is 41.3 Å². The van der Waals surface area contributed by atoms with Gasteiger partial charge in [0.15, 0.2) is 5.82 Å². The lowest BCUT2D eigenvalue weighted by Gasteiger charge is -2.26. The topological polar surface area (TPSA) is 74.2 Å². The lowest BCUT2D eigenvalue weighted by atomic mass is 10.0. The Morgan fingerprint density at radius 2 is 2.10 bits per heavy atom. The van der Waals surface area contributed by atoms with Gasteiger partial charge in [-0.1, -0.05) is 0 Å². The number of aryl methyl sites for hydroxylation is 1. The summed E-state index contributed by atoms with van der Waals surface area (Å²) in [5.41, 5.74) is 1.21. The van der Waals surface area contributed by atoms with E-state index in [1.165, 1.54) is 36.3 Å². The number of phenols is 1. The molecular formula is C23H26FN5OS. The summed E-state index contributed by atoms with van der Waals surface area (Å²) >= 11 is 1.39. The maximum atomic E-state index is 14.8. The van der Waals surface area contributed by atoms with Crippen LogP contribution in [0.5, 0.6) is 5.75 Å². The molecule has 2 aliphatic rings. The highest BCUT2D eigenvalue weighted by atomic mass is 32.1. The van der Waals surface area contributed by atoms with Crippen molar-refractivity contribution >= 4 is 17.2 Å². The number of benzene rings is 1. The molecule has 0 spiro atoms. The van der Waals surface area contributed by atoms with Gasteiger partial charge in [0.25, 0.3) is 0 Å². The van der Waals surface area contributed by atoms with Crippen LogP contribution in [0.25, 0.3) is 21.7 Å². The monoisotopic (exact) mass is 439 g/mol. The van der Waals surface area contributed by atoms with E-state index in [0.29, 0.717) is 21.7 Å². The molecule has 3 aromatic rings. The standard InChI is InChI=1S/C23H26FN5OS/c1-14-25-12-21(31-14)16-10-20(30)17(9-18(16)24)19-5-6-22(28-27-19)29-8-7-23(2,13-29)26-11-15-3-4-15/h5-6,9-10,12,15,26,30H,3-4,7-8,11,13H2,1-2H3/t23-/m0/s1. The van der Waals surface area contributed by atoms with Crippen molar-refractivity contribution in [1.29, 1.82) is 0 Å². The first-order valence-electron chi connectivity index (χ1n) is 10.7. The zero-order valence-corrected chi connectivity index (χ0v) is 18.5. The van der Waals surface area contributed by atoms with Crippen molar-refractivity contribution in [2.45, 2.75) is 38.6 Å². The molecular weight excluding hydrogens is 413 g/mol. The van der Waals surface area contributed by atoms with E-state index in [2.05, 4.69) is 32.3 Å².